The number of aryl methyl sites for hydroxylation is 1. The summed E-state index contributed by atoms with van der Waals surface area (Å²) < 4.78 is 24.4. The van der Waals surface area contributed by atoms with E-state index in [9.17, 15) is 9.18 Å². The van der Waals surface area contributed by atoms with E-state index in [4.69, 9.17) is 9.26 Å². The molecular weight excluding hydrogens is 447 g/mol. The first kappa shape index (κ1) is 23.5. The Morgan fingerprint density at radius 2 is 1.66 bits per heavy atom. The number of rotatable bonds is 5. The monoisotopic (exact) mass is 478 g/mol. The van der Waals surface area contributed by atoms with Crippen LogP contribution in [0.2, 0.25) is 0 Å². The lowest BCUT2D eigenvalue weighted by Crippen LogP contribution is -2.52. The zero-order valence-corrected chi connectivity index (χ0v) is 20.0. The molecule has 184 valence electrons. The summed E-state index contributed by atoms with van der Waals surface area (Å²) in [7, 11) is 0. The Hall–Kier alpha value is -3.26. The molecule has 35 heavy (non-hydrogen) atoms. The molecule has 2 aliphatic heterocycles. The Bertz CT molecular complexity index is 1130. The molecule has 1 aromatic heterocycles. The van der Waals surface area contributed by atoms with Gasteiger partial charge in [0.2, 0.25) is 5.89 Å². The van der Waals surface area contributed by atoms with Gasteiger partial charge in [-0.15, -0.1) is 0 Å². The molecule has 0 saturated carbocycles. The van der Waals surface area contributed by atoms with Crippen LogP contribution in [0.25, 0.3) is 0 Å². The summed E-state index contributed by atoms with van der Waals surface area (Å²) in [6.45, 7) is 5.71. The maximum atomic E-state index is 13.4. The van der Waals surface area contributed by atoms with Gasteiger partial charge in [0.1, 0.15) is 5.82 Å². The Labute approximate surface area is 204 Å². The number of hydrogen-bond acceptors (Lipinski definition) is 5. The lowest BCUT2D eigenvalue weighted by molar-refractivity contribution is 0.0392. The summed E-state index contributed by atoms with van der Waals surface area (Å²) in [6.07, 6.45) is 2.29. The second-order valence-corrected chi connectivity index (χ2v) is 9.36. The highest BCUT2D eigenvalue weighted by molar-refractivity contribution is 5.75. The minimum atomic E-state index is -0.271. The van der Waals surface area contributed by atoms with Gasteiger partial charge in [0.15, 0.2) is 5.82 Å². The van der Waals surface area contributed by atoms with E-state index in [1.54, 1.807) is 12.1 Å². The number of morpholine rings is 1. The number of hydrogen-bond donors (Lipinski definition) is 0. The first-order chi connectivity index (χ1) is 17.1. The number of amides is 2. The van der Waals surface area contributed by atoms with Crippen LogP contribution in [0.1, 0.15) is 53.6 Å². The molecule has 2 saturated heterocycles. The number of piperidine rings is 1. The van der Waals surface area contributed by atoms with E-state index >= 15 is 0 Å². The van der Waals surface area contributed by atoms with Crippen molar-refractivity contribution in [3.05, 3.63) is 82.8 Å². The van der Waals surface area contributed by atoms with Crippen LogP contribution in [0, 0.1) is 5.82 Å². The van der Waals surface area contributed by atoms with Gasteiger partial charge in [0.25, 0.3) is 0 Å². The zero-order valence-electron chi connectivity index (χ0n) is 20.0. The molecule has 5 rings (SSSR count). The summed E-state index contributed by atoms with van der Waals surface area (Å²) in [4.78, 5) is 21.9. The fourth-order valence-electron chi connectivity index (χ4n) is 4.95. The van der Waals surface area contributed by atoms with Crippen LogP contribution in [-0.4, -0.2) is 65.4 Å². The average Bonchev–Trinajstić information content (AvgIpc) is 3.38. The molecular formula is C27H31FN4O3. The predicted octanol–water partition coefficient (Wildman–Crippen LogP) is 4.39. The third kappa shape index (κ3) is 5.53. The highest BCUT2D eigenvalue weighted by Gasteiger charge is 2.36. The number of halogens is 1. The molecule has 0 bridgehead atoms. The van der Waals surface area contributed by atoms with Gasteiger partial charge in [-0.25, -0.2) is 9.18 Å². The minimum Gasteiger partial charge on any atom is -0.378 e. The molecule has 2 unspecified atom stereocenters. The Kier molecular flexibility index (Phi) is 7.08. The molecule has 0 spiro atoms. The molecule has 2 fully saturated rings. The number of nitrogens with zero attached hydrogens (tertiary/aromatic N) is 4. The van der Waals surface area contributed by atoms with Gasteiger partial charge in [-0.1, -0.05) is 48.5 Å². The maximum absolute atomic E-state index is 13.4. The molecule has 8 heteroatoms. The van der Waals surface area contributed by atoms with Crippen LogP contribution in [-0.2, 0) is 17.6 Å². The van der Waals surface area contributed by atoms with E-state index in [-0.39, 0.29) is 23.7 Å². The van der Waals surface area contributed by atoms with E-state index in [1.165, 1.54) is 23.3 Å². The number of aromatic nitrogens is 2. The van der Waals surface area contributed by atoms with Crippen molar-refractivity contribution in [1.29, 1.82) is 0 Å². The van der Waals surface area contributed by atoms with Crippen molar-refractivity contribution in [3.8, 4) is 0 Å². The highest BCUT2D eigenvalue weighted by atomic mass is 19.1. The quantitative estimate of drug-likeness (QED) is 0.544. The molecule has 0 radical (unpaired) electrons. The van der Waals surface area contributed by atoms with E-state index in [0.29, 0.717) is 57.5 Å². The Morgan fingerprint density at radius 1 is 0.971 bits per heavy atom. The van der Waals surface area contributed by atoms with Crippen LogP contribution in [0.3, 0.4) is 0 Å². The van der Waals surface area contributed by atoms with Gasteiger partial charge >= 0.3 is 6.03 Å². The van der Waals surface area contributed by atoms with Crippen LogP contribution in [0.15, 0.2) is 53.1 Å². The van der Waals surface area contributed by atoms with Crippen molar-refractivity contribution in [3.63, 3.8) is 0 Å². The summed E-state index contributed by atoms with van der Waals surface area (Å²) in [5, 5.41) is 4.18. The molecule has 3 aromatic rings. The van der Waals surface area contributed by atoms with Crippen molar-refractivity contribution >= 4 is 6.03 Å². The zero-order chi connectivity index (χ0) is 24.2. The van der Waals surface area contributed by atoms with Gasteiger partial charge in [0, 0.05) is 38.5 Å². The van der Waals surface area contributed by atoms with Crippen molar-refractivity contribution in [2.45, 2.75) is 38.0 Å². The van der Waals surface area contributed by atoms with Gasteiger partial charge in [-0.2, -0.15) is 4.98 Å². The molecule has 0 N–H and O–H groups in total. The third-order valence-corrected chi connectivity index (χ3v) is 6.97. The van der Waals surface area contributed by atoms with E-state index < -0.39 is 0 Å². The summed E-state index contributed by atoms with van der Waals surface area (Å²) in [5.74, 6) is 0.966. The number of likely N-dealkylation sites (tertiary alicyclic amines) is 1. The summed E-state index contributed by atoms with van der Waals surface area (Å²) >= 11 is 0. The van der Waals surface area contributed by atoms with E-state index in [1.807, 2.05) is 9.80 Å². The second-order valence-electron chi connectivity index (χ2n) is 9.36. The van der Waals surface area contributed by atoms with Crippen LogP contribution in [0.4, 0.5) is 9.18 Å². The van der Waals surface area contributed by atoms with Gasteiger partial charge in [0.05, 0.1) is 19.1 Å². The summed E-state index contributed by atoms with van der Waals surface area (Å²) in [6, 6.07) is 15.0. The number of carbonyl (C=O) groups excluding carboxylic acids is 1. The standard InChI is InChI=1S/C27H31FN4O3/c1-2-19-3-7-21(8-4-19)22-16-23(18-32(17-22)27(33)31-11-13-34-14-12-31)26-29-25(30-35-26)15-20-5-9-24(28)10-6-20/h3-10,22-23H,2,11-18H2,1H3. The van der Waals surface area contributed by atoms with Crippen molar-refractivity contribution < 1.29 is 18.4 Å². The van der Waals surface area contributed by atoms with E-state index in [0.717, 1.165) is 18.4 Å². The second kappa shape index (κ2) is 10.6. The Balaban J connectivity index is 1.36. The maximum Gasteiger partial charge on any atom is 0.320 e. The van der Waals surface area contributed by atoms with Crippen LogP contribution in [0.5, 0.6) is 0 Å². The minimum absolute atomic E-state index is 0.0410. The Morgan fingerprint density at radius 3 is 2.37 bits per heavy atom. The fourth-order valence-corrected chi connectivity index (χ4v) is 4.95. The first-order valence-corrected chi connectivity index (χ1v) is 12.4. The SMILES string of the molecule is CCc1ccc(C2CC(c3nc(Cc4ccc(F)cc4)no3)CN(C(=O)N3CCOCC3)C2)cc1. The van der Waals surface area contributed by atoms with Crippen molar-refractivity contribution in [1.82, 2.24) is 19.9 Å². The smallest absolute Gasteiger partial charge is 0.320 e. The van der Waals surface area contributed by atoms with Crippen LogP contribution < -0.4 is 0 Å². The number of carbonyl (C=O) groups is 1. The molecule has 2 aliphatic rings. The number of urea groups is 1. The largest absolute Gasteiger partial charge is 0.378 e. The first-order valence-electron chi connectivity index (χ1n) is 12.4. The van der Waals surface area contributed by atoms with Gasteiger partial charge in [-0.05, 0) is 41.7 Å². The molecule has 2 amide bonds. The van der Waals surface area contributed by atoms with Gasteiger partial charge in [-0.3, -0.25) is 0 Å². The lowest BCUT2D eigenvalue weighted by atomic mass is 9.84. The average molecular weight is 479 g/mol. The fraction of sp³-hybridized carbons (Fsp3) is 0.444. The number of benzene rings is 2. The molecule has 7 nitrogen and oxygen atoms in total. The van der Waals surface area contributed by atoms with E-state index in [2.05, 4.69) is 41.3 Å². The van der Waals surface area contributed by atoms with Gasteiger partial charge < -0.3 is 19.1 Å². The topological polar surface area (TPSA) is 71.7 Å². The molecule has 2 atom stereocenters. The number of ether oxygens (including phenoxy) is 1. The summed E-state index contributed by atoms with van der Waals surface area (Å²) in [5.41, 5.74) is 3.43. The predicted molar refractivity (Wildman–Crippen MR) is 129 cm³/mol. The third-order valence-electron chi connectivity index (χ3n) is 6.97. The van der Waals surface area contributed by atoms with Crippen molar-refractivity contribution in [2.75, 3.05) is 39.4 Å². The highest BCUT2D eigenvalue weighted by Crippen LogP contribution is 2.36. The molecule has 2 aromatic carbocycles. The lowest BCUT2D eigenvalue weighted by Gasteiger charge is -2.40. The molecule has 0 aliphatic carbocycles. The van der Waals surface area contributed by atoms with Crippen molar-refractivity contribution in [2.24, 2.45) is 0 Å². The van der Waals surface area contributed by atoms with Crippen LogP contribution >= 0.6 is 0 Å². The molecule has 3 heterocycles. The normalized spacial score (nSPS) is 20.7.